The Morgan fingerprint density at radius 2 is 1.79 bits per heavy atom. The van der Waals surface area contributed by atoms with E-state index in [1.54, 1.807) is 0 Å². The van der Waals surface area contributed by atoms with Gasteiger partial charge < -0.3 is 4.98 Å². The minimum Gasteiger partial charge on any atom is -0.326 e. The topological polar surface area (TPSA) is 36.1 Å². The number of aryl methyl sites for hydroxylation is 1. The summed E-state index contributed by atoms with van der Waals surface area (Å²) in [5.74, 6) is 0. The van der Waals surface area contributed by atoms with Crippen molar-refractivity contribution in [3.63, 3.8) is 0 Å². The molecular formula is C16H20N2O. The molecule has 1 aromatic carbocycles. The van der Waals surface area contributed by atoms with E-state index in [1.807, 2.05) is 25.1 Å². The first kappa shape index (κ1) is 12.4. The Labute approximate surface area is 113 Å². The number of H-pyrrole nitrogens is 1. The first-order chi connectivity index (χ1) is 9.25. The van der Waals surface area contributed by atoms with Crippen molar-refractivity contribution < 1.29 is 0 Å². The smallest absolute Gasteiger partial charge is 0.256 e. The summed E-state index contributed by atoms with van der Waals surface area (Å²) >= 11 is 0. The van der Waals surface area contributed by atoms with Crippen LogP contribution in [0.1, 0.15) is 30.5 Å². The summed E-state index contributed by atoms with van der Waals surface area (Å²) in [7, 11) is 0. The molecule has 0 radical (unpaired) electrons. The Hall–Kier alpha value is -1.61. The highest BCUT2D eigenvalue weighted by atomic mass is 16.1. The summed E-state index contributed by atoms with van der Waals surface area (Å²) in [4.78, 5) is 17.5. The van der Waals surface area contributed by atoms with Gasteiger partial charge in [0.1, 0.15) is 0 Å². The third-order valence-electron chi connectivity index (χ3n) is 4.08. The molecule has 1 saturated heterocycles. The van der Waals surface area contributed by atoms with Gasteiger partial charge in [0.2, 0.25) is 0 Å². The molecule has 2 heterocycles. The molecule has 100 valence electrons. The van der Waals surface area contributed by atoms with Crippen molar-refractivity contribution in [2.75, 3.05) is 13.1 Å². The maximum absolute atomic E-state index is 12.0. The predicted molar refractivity (Wildman–Crippen MR) is 78.4 cm³/mol. The summed E-state index contributed by atoms with van der Waals surface area (Å²) in [6, 6.07) is 7.92. The molecule has 0 atom stereocenters. The van der Waals surface area contributed by atoms with Gasteiger partial charge in [0.05, 0.1) is 0 Å². The van der Waals surface area contributed by atoms with Crippen LogP contribution in [-0.4, -0.2) is 23.0 Å². The quantitative estimate of drug-likeness (QED) is 0.897. The number of benzene rings is 1. The largest absolute Gasteiger partial charge is 0.326 e. The lowest BCUT2D eigenvalue weighted by molar-refractivity contribution is 0.221. The van der Waals surface area contributed by atoms with E-state index in [-0.39, 0.29) is 5.56 Å². The van der Waals surface area contributed by atoms with Crippen LogP contribution >= 0.6 is 0 Å². The fourth-order valence-electron chi connectivity index (χ4n) is 3.00. The lowest BCUT2D eigenvalue weighted by Crippen LogP contribution is -2.30. The molecule has 3 rings (SSSR count). The molecule has 3 heteroatoms. The van der Waals surface area contributed by atoms with Crippen molar-refractivity contribution >= 4 is 10.8 Å². The van der Waals surface area contributed by atoms with E-state index in [4.69, 9.17) is 0 Å². The van der Waals surface area contributed by atoms with Crippen LogP contribution in [0.4, 0.5) is 0 Å². The molecule has 0 bridgehead atoms. The zero-order valence-corrected chi connectivity index (χ0v) is 11.4. The van der Waals surface area contributed by atoms with Gasteiger partial charge in [0.15, 0.2) is 0 Å². The van der Waals surface area contributed by atoms with Crippen molar-refractivity contribution in [2.45, 2.75) is 32.7 Å². The Morgan fingerprint density at radius 1 is 1.11 bits per heavy atom. The van der Waals surface area contributed by atoms with Gasteiger partial charge in [-0.25, -0.2) is 0 Å². The van der Waals surface area contributed by atoms with Crippen LogP contribution < -0.4 is 5.56 Å². The van der Waals surface area contributed by atoms with Crippen LogP contribution in [0, 0.1) is 6.92 Å². The summed E-state index contributed by atoms with van der Waals surface area (Å²) < 4.78 is 0. The molecular weight excluding hydrogens is 236 g/mol. The highest BCUT2D eigenvalue weighted by Crippen LogP contribution is 2.21. The van der Waals surface area contributed by atoms with E-state index in [2.05, 4.69) is 16.0 Å². The zero-order chi connectivity index (χ0) is 13.2. The van der Waals surface area contributed by atoms with Gasteiger partial charge >= 0.3 is 0 Å². The van der Waals surface area contributed by atoms with Gasteiger partial charge in [-0.05, 0) is 49.9 Å². The van der Waals surface area contributed by atoms with Crippen molar-refractivity contribution in [1.82, 2.24) is 9.88 Å². The number of aromatic amines is 1. The number of pyridine rings is 1. The lowest BCUT2D eigenvalue weighted by atomic mass is 10.0. The number of hydrogen-bond donors (Lipinski definition) is 1. The highest BCUT2D eigenvalue weighted by molar-refractivity contribution is 5.85. The molecule has 2 aromatic rings. The number of nitrogens with one attached hydrogen (secondary N) is 1. The standard InChI is InChI=1S/C16H20N2O/c1-12-15(11-18-9-5-2-6-10-18)13-7-3-4-8-14(13)16(19)17-12/h3-4,7-8H,2,5-6,9-11H2,1H3,(H,17,19). The maximum atomic E-state index is 12.0. The van der Waals surface area contributed by atoms with Crippen LogP contribution in [0.15, 0.2) is 29.1 Å². The molecule has 0 unspecified atom stereocenters. The van der Waals surface area contributed by atoms with Gasteiger partial charge in [-0.15, -0.1) is 0 Å². The van der Waals surface area contributed by atoms with Crippen molar-refractivity contribution in [3.8, 4) is 0 Å². The molecule has 1 N–H and O–H groups in total. The maximum Gasteiger partial charge on any atom is 0.256 e. The predicted octanol–water partition coefficient (Wildman–Crippen LogP) is 2.82. The van der Waals surface area contributed by atoms with Crippen molar-refractivity contribution in [3.05, 3.63) is 45.9 Å². The number of hydrogen-bond acceptors (Lipinski definition) is 2. The first-order valence-electron chi connectivity index (χ1n) is 7.08. The SMILES string of the molecule is Cc1[nH]c(=O)c2ccccc2c1CN1CCCCC1. The lowest BCUT2D eigenvalue weighted by Gasteiger charge is -2.27. The highest BCUT2D eigenvalue weighted by Gasteiger charge is 2.14. The molecule has 0 saturated carbocycles. The third kappa shape index (κ3) is 2.43. The fourth-order valence-corrected chi connectivity index (χ4v) is 3.00. The summed E-state index contributed by atoms with van der Waals surface area (Å²) in [5.41, 5.74) is 2.31. The third-order valence-corrected chi connectivity index (χ3v) is 4.08. The number of likely N-dealkylation sites (tertiary alicyclic amines) is 1. The Morgan fingerprint density at radius 3 is 2.53 bits per heavy atom. The zero-order valence-electron chi connectivity index (χ0n) is 11.4. The summed E-state index contributed by atoms with van der Waals surface area (Å²) in [6.45, 7) is 5.30. The molecule has 1 fully saturated rings. The average molecular weight is 256 g/mol. The van der Waals surface area contributed by atoms with Crippen molar-refractivity contribution in [1.29, 1.82) is 0 Å². The molecule has 19 heavy (non-hydrogen) atoms. The van der Waals surface area contributed by atoms with Crippen LogP contribution in [-0.2, 0) is 6.54 Å². The Kier molecular flexibility index (Phi) is 3.38. The fraction of sp³-hybridized carbons (Fsp3) is 0.438. The van der Waals surface area contributed by atoms with E-state index in [9.17, 15) is 4.79 Å². The second-order valence-electron chi connectivity index (χ2n) is 5.44. The molecule has 3 nitrogen and oxygen atoms in total. The monoisotopic (exact) mass is 256 g/mol. The van der Waals surface area contributed by atoms with Crippen LogP contribution in [0.3, 0.4) is 0 Å². The average Bonchev–Trinajstić information content (AvgIpc) is 2.45. The normalized spacial score (nSPS) is 16.9. The second-order valence-corrected chi connectivity index (χ2v) is 5.44. The van der Waals surface area contributed by atoms with E-state index < -0.39 is 0 Å². The number of fused-ring (bicyclic) bond motifs is 1. The van der Waals surface area contributed by atoms with Gasteiger partial charge in [-0.1, -0.05) is 24.6 Å². The van der Waals surface area contributed by atoms with E-state index in [0.717, 1.165) is 23.0 Å². The van der Waals surface area contributed by atoms with Crippen LogP contribution in [0.2, 0.25) is 0 Å². The molecule has 0 spiro atoms. The van der Waals surface area contributed by atoms with Gasteiger partial charge in [-0.3, -0.25) is 9.69 Å². The van der Waals surface area contributed by atoms with Crippen LogP contribution in [0.5, 0.6) is 0 Å². The van der Waals surface area contributed by atoms with Crippen molar-refractivity contribution in [2.24, 2.45) is 0 Å². The number of rotatable bonds is 2. The minimum atomic E-state index is 0.0236. The number of aromatic nitrogens is 1. The number of piperidine rings is 1. The molecule has 0 amide bonds. The van der Waals surface area contributed by atoms with E-state index in [0.29, 0.717) is 0 Å². The summed E-state index contributed by atoms with van der Waals surface area (Å²) in [5, 5.41) is 1.91. The van der Waals surface area contributed by atoms with Gasteiger partial charge in [0.25, 0.3) is 5.56 Å². The van der Waals surface area contributed by atoms with E-state index in [1.165, 1.54) is 37.9 Å². The second kappa shape index (κ2) is 5.17. The molecule has 1 aliphatic rings. The first-order valence-corrected chi connectivity index (χ1v) is 7.08. The Bertz CT molecular complexity index is 639. The van der Waals surface area contributed by atoms with Gasteiger partial charge in [-0.2, -0.15) is 0 Å². The minimum absolute atomic E-state index is 0.0236. The van der Waals surface area contributed by atoms with E-state index >= 15 is 0 Å². The molecule has 1 aromatic heterocycles. The number of nitrogens with zero attached hydrogens (tertiary/aromatic N) is 1. The summed E-state index contributed by atoms with van der Waals surface area (Å²) in [6.07, 6.45) is 3.93. The molecule has 1 aliphatic heterocycles. The molecule has 0 aliphatic carbocycles. The Balaban J connectivity index is 2.04. The van der Waals surface area contributed by atoms with Gasteiger partial charge in [0, 0.05) is 17.6 Å². The van der Waals surface area contributed by atoms with Crippen LogP contribution in [0.25, 0.3) is 10.8 Å².